The molecule has 4 rings (SSSR count). The SMILES string of the molecule is O=C(CCN1CCCC(c2nc(-c3cccc(F)c3)no2)C1)Nc1ccc(Cl)cc1F. The van der Waals surface area contributed by atoms with E-state index in [1.807, 2.05) is 0 Å². The van der Waals surface area contributed by atoms with Gasteiger partial charge in [0.1, 0.15) is 11.6 Å². The number of carbonyl (C=O) groups excluding carboxylic acids is 1. The highest BCUT2D eigenvalue weighted by Crippen LogP contribution is 2.28. The summed E-state index contributed by atoms with van der Waals surface area (Å²) in [5, 5.41) is 6.83. The molecule has 2 aromatic carbocycles. The largest absolute Gasteiger partial charge is 0.339 e. The van der Waals surface area contributed by atoms with E-state index in [9.17, 15) is 13.6 Å². The van der Waals surface area contributed by atoms with E-state index in [1.54, 1.807) is 12.1 Å². The van der Waals surface area contributed by atoms with Gasteiger partial charge in [0.25, 0.3) is 0 Å². The Morgan fingerprint density at radius 2 is 2.13 bits per heavy atom. The number of benzene rings is 2. The number of amides is 1. The topological polar surface area (TPSA) is 71.3 Å². The monoisotopic (exact) mass is 446 g/mol. The van der Waals surface area contributed by atoms with Gasteiger partial charge in [-0.3, -0.25) is 4.79 Å². The van der Waals surface area contributed by atoms with Crippen LogP contribution in [0.2, 0.25) is 5.02 Å². The Hall–Kier alpha value is -2.84. The van der Waals surface area contributed by atoms with Crippen molar-refractivity contribution < 1.29 is 18.1 Å². The molecule has 1 amide bonds. The molecule has 0 aliphatic carbocycles. The minimum absolute atomic E-state index is 0.0420. The third kappa shape index (κ3) is 5.45. The maximum Gasteiger partial charge on any atom is 0.231 e. The van der Waals surface area contributed by atoms with Gasteiger partial charge in [-0.15, -0.1) is 0 Å². The molecule has 3 aromatic rings. The first kappa shape index (κ1) is 21.4. The zero-order chi connectivity index (χ0) is 21.8. The molecule has 0 radical (unpaired) electrons. The van der Waals surface area contributed by atoms with Gasteiger partial charge in [-0.25, -0.2) is 8.78 Å². The lowest BCUT2D eigenvalue weighted by molar-refractivity contribution is -0.116. The molecule has 9 heteroatoms. The molecule has 2 heterocycles. The summed E-state index contributed by atoms with van der Waals surface area (Å²) in [5.74, 6) is -0.281. The molecule has 1 atom stereocenters. The summed E-state index contributed by atoms with van der Waals surface area (Å²) in [6.45, 7) is 2.06. The summed E-state index contributed by atoms with van der Waals surface area (Å²) in [5.41, 5.74) is 0.676. The highest BCUT2D eigenvalue weighted by Gasteiger charge is 2.26. The number of anilines is 1. The molecule has 1 aliphatic heterocycles. The second-order valence-corrected chi connectivity index (χ2v) is 7.97. The van der Waals surface area contributed by atoms with Crippen LogP contribution in [-0.4, -0.2) is 40.6 Å². The van der Waals surface area contributed by atoms with Crippen LogP contribution in [-0.2, 0) is 4.79 Å². The quantitative estimate of drug-likeness (QED) is 0.584. The van der Waals surface area contributed by atoms with E-state index in [0.717, 1.165) is 25.5 Å². The minimum Gasteiger partial charge on any atom is -0.339 e. The number of nitrogens with one attached hydrogen (secondary N) is 1. The van der Waals surface area contributed by atoms with Crippen molar-refractivity contribution in [3.8, 4) is 11.4 Å². The fraction of sp³-hybridized carbons (Fsp3) is 0.318. The number of nitrogens with zero attached hydrogens (tertiary/aromatic N) is 3. The van der Waals surface area contributed by atoms with E-state index in [1.165, 1.54) is 24.3 Å². The highest BCUT2D eigenvalue weighted by molar-refractivity contribution is 6.30. The zero-order valence-electron chi connectivity index (χ0n) is 16.7. The molecule has 1 aliphatic rings. The van der Waals surface area contributed by atoms with Crippen molar-refractivity contribution in [2.24, 2.45) is 0 Å². The van der Waals surface area contributed by atoms with Crippen molar-refractivity contribution in [1.82, 2.24) is 15.0 Å². The Balaban J connectivity index is 1.32. The lowest BCUT2D eigenvalue weighted by atomic mass is 9.98. The van der Waals surface area contributed by atoms with Crippen LogP contribution in [0.3, 0.4) is 0 Å². The van der Waals surface area contributed by atoms with Crippen LogP contribution in [0.25, 0.3) is 11.4 Å². The normalized spacial score (nSPS) is 16.9. The first-order valence-corrected chi connectivity index (χ1v) is 10.4. The van der Waals surface area contributed by atoms with Gasteiger partial charge in [-0.1, -0.05) is 28.9 Å². The van der Waals surface area contributed by atoms with Crippen LogP contribution in [0.4, 0.5) is 14.5 Å². The molecule has 0 spiro atoms. The third-order valence-corrected chi connectivity index (χ3v) is 5.47. The van der Waals surface area contributed by atoms with Gasteiger partial charge in [-0.05, 0) is 49.7 Å². The lowest BCUT2D eigenvalue weighted by Gasteiger charge is -2.30. The van der Waals surface area contributed by atoms with Gasteiger partial charge < -0.3 is 14.7 Å². The summed E-state index contributed by atoms with van der Waals surface area (Å²) in [4.78, 5) is 18.8. The Labute approximate surface area is 183 Å². The van der Waals surface area contributed by atoms with E-state index < -0.39 is 5.82 Å². The predicted molar refractivity (Wildman–Crippen MR) is 113 cm³/mol. The van der Waals surface area contributed by atoms with Gasteiger partial charge in [-0.2, -0.15) is 4.98 Å². The first-order valence-electron chi connectivity index (χ1n) is 10.0. The molecule has 1 unspecified atom stereocenters. The molecule has 1 saturated heterocycles. The number of carbonyl (C=O) groups is 1. The number of hydrogen-bond donors (Lipinski definition) is 1. The fourth-order valence-electron chi connectivity index (χ4n) is 3.67. The minimum atomic E-state index is -0.565. The van der Waals surface area contributed by atoms with Gasteiger partial charge in [0.15, 0.2) is 0 Å². The van der Waals surface area contributed by atoms with Crippen molar-refractivity contribution in [2.75, 3.05) is 25.0 Å². The first-order chi connectivity index (χ1) is 15.0. The van der Waals surface area contributed by atoms with E-state index in [0.29, 0.717) is 30.4 Å². The van der Waals surface area contributed by atoms with Crippen LogP contribution in [0.15, 0.2) is 47.0 Å². The van der Waals surface area contributed by atoms with Crippen LogP contribution in [0.5, 0.6) is 0 Å². The summed E-state index contributed by atoms with van der Waals surface area (Å²) >= 11 is 5.73. The standard InChI is InChI=1S/C22H21ClF2N4O2/c23-16-6-7-19(18(25)12-16)26-20(30)8-10-29-9-2-4-15(13-29)22-27-21(28-31-22)14-3-1-5-17(24)11-14/h1,3,5-7,11-12,15H,2,4,8-10,13H2,(H,26,30). The van der Waals surface area contributed by atoms with Gasteiger partial charge >= 0.3 is 0 Å². The maximum atomic E-state index is 13.8. The molecule has 6 nitrogen and oxygen atoms in total. The van der Waals surface area contributed by atoms with Gasteiger partial charge in [0.05, 0.1) is 11.6 Å². The van der Waals surface area contributed by atoms with Gasteiger partial charge in [0.2, 0.25) is 17.6 Å². The van der Waals surface area contributed by atoms with Crippen LogP contribution in [0, 0.1) is 11.6 Å². The second-order valence-electron chi connectivity index (χ2n) is 7.53. The Morgan fingerprint density at radius 3 is 2.94 bits per heavy atom. The number of hydrogen-bond acceptors (Lipinski definition) is 5. The zero-order valence-corrected chi connectivity index (χ0v) is 17.4. The van der Waals surface area contributed by atoms with Crippen LogP contribution < -0.4 is 5.32 Å². The lowest BCUT2D eigenvalue weighted by Crippen LogP contribution is -2.36. The molecule has 1 fully saturated rings. The summed E-state index contributed by atoms with van der Waals surface area (Å²) < 4.78 is 32.7. The predicted octanol–water partition coefficient (Wildman–Crippen LogP) is 4.88. The van der Waals surface area contributed by atoms with E-state index in [4.69, 9.17) is 16.1 Å². The Morgan fingerprint density at radius 1 is 1.26 bits per heavy atom. The van der Waals surface area contributed by atoms with E-state index >= 15 is 0 Å². The van der Waals surface area contributed by atoms with E-state index in [2.05, 4.69) is 20.4 Å². The maximum absolute atomic E-state index is 13.8. The molecule has 0 saturated carbocycles. The summed E-state index contributed by atoms with van der Waals surface area (Å²) in [6, 6.07) is 10.2. The third-order valence-electron chi connectivity index (χ3n) is 5.24. The van der Waals surface area contributed by atoms with Crippen molar-refractivity contribution >= 4 is 23.2 Å². The number of likely N-dealkylation sites (tertiary alicyclic amines) is 1. The number of rotatable bonds is 6. The molecule has 1 aromatic heterocycles. The van der Waals surface area contributed by atoms with Crippen LogP contribution >= 0.6 is 11.6 Å². The Kier molecular flexibility index (Phi) is 6.58. The van der Waals surface area contributed by atoms with Crippen molar-refractivity contribution in [3.63, 3.8) is 0 Å². The fourth-order valence-corrected chi connectivity index (χ4v) is 3.83. The average molecular weight is 447 g/mol. The van der Waals surface area contributed by atoms with Crippen molar-refractivity contribution in [1.29, 1.82) is 0 Å². The molecule has 162 valence electrons. The Bertz CT molecular complexity index is 1080. The number of piperidine rings is 1. The molecular formula is C22H21ClF2N4O2. The number of halogens is 3. The van der Waals surface area contributed by atoms with Gasteiger partial charge in [0, 0.05) is 30.1 Å². The molecule has 31 heavy (non-hydrogen) atoms. The van der Waals surface area contributed by atoms with Crippen LogP contribution in [0.1, 0.15) is 31.1 Å². The molecule has 0 bridgehead atoms. The smallest absolute Gasteiger partial charge is 0.231 e. The second kappa shape index (κ2) is 9.53. The van der Waals surface area contributed by atoms with Crippen molar-refractivity contribution in [3.05, 3.63) is 65.0 Å². The average Bonchev–Trinajstić information content (AvgIpc) is 3.25. The summed E-state index contributed by atoms with van der Waals surface area (Å²) in [6.07, 6.45) is 2.05. The number of aromatic nitrogens is 2. The molecular weight excluding hydrogens is 426 g/mol. The summed E-state index contributed by atoms with van der Waals surface area (Å²) in [7, 11) is 0. The highest BCUT2D eigenvalue weighted by atomic mass is 35.5. The molecule has 1 N–H and O–H groups in total. The van der Waals surface area contributed by atoms with E-state index in [-0.39, 0.29) is 34.8 Å². The van der Waals surface area contributed by atoms with Crippen molar-refractivity contribution in [2.45, 2.75) is 25.2 Å².